The molecule has 0 N–H and O–H groups in total. The molecule has 0 fully saturated rings. The standard InChI is InChI=1S/C40H24N4S/c45-39-34(26-14-3-1-2-4-15-26)28-18-7-8-19-29(28)35-37-33(23-12-24-41-37)44(38(35)39)40-42-32-22-10-9-20-31(32)36(43-40)30-21-11-16-25-13-5-6-17-27(25)30/h1,3,5-14,16-24,45H,2H2. The number of thiol groups is 1. The lowest BCUT2D eigenvalue weighted by molar-refractivity contribution is 1.00. The molecule has 4 nitrogen and oxygen atoms in total. The number of rotatable bonds is 3. The third-order valence-electron chi connectivity index (χ3n) is 8.60. The Balaban J connectivity index is 1.46. The summed E-state index contributed by atoms with van der Waals surface area (Å²) in [6.45, 7) is 0. The molecule has 3 heterocycles. The maximum absolute atomic E-state index is 5.38. The van der Waals surface area contributed by atoms with E-state index in [0.717, 1.165) is 76.3 Å². The second kappa shape index (κ2) is 10.2. The summed E-state index contributed by atoms with van der Waals surface area (Å²) in [5, 5.41) is 6.52. The van der Waals surface area contributed by atoms with Gasteiger partial charge >= 0.3 is 0 Å². The fourth-order valence-electron chi connectivity index (χ4n) is 6.67. The Bertz CT molecular complexity index is 2650. The van der Waals surface area contributed by atoms with Crippen LogP contribution >= 0.6 is 12.6 Å². The summed E-state index contributed by atoms with van der Waals surface area (Å²) in [6, 6.07) is 35.6. The minimum absolute atomic E-state index is 0.571. The number of fused-ring (bicyclic) bond motifs is 7. The van der Waals surface area contributed by atoms with Crippen molar-refractivity contribution in [2.24, 2.45) is 0 Å². The van der Waals surface area contributed by atoms with Gasteiger partial charge in [-0.3, -0.25) is 9.55 Å². The van der Waals surface area contributed by atoms with Crippen molar-refractivity contribution in [3.8, 4) is 29.0 Å². The van der Waals surface area contributed by atoms with Crippen LogP contribution in [0.5, 0.6) is 0 Å². The fourth-order valence-corrected chi connectivity index (χ4v) is 7.12. The monoisotopic (exact) mass is 592 g/mol. The van der Waals surface area contributed by atoms with Gasteiger partial charge in [0.05, 0.1) is 27.8 Å². The maximum atomic E-state index is 5.38. The first-order valence-corrected chi connectivity index (χ1v) is 15.4. The molecule has 5 aromatic carbocycles. The average molecular weight is 593 g/mol. The van der Waals surface area contributed by atoms with Gasteiger partial charge in [0.15, 0.2) is 0 Å². The van der Waals surface area contributed by atoms with Crippen LogP contribution in [0.1, 0.15) is 12.0 Å². The lowest BCUT2D eigenvalue weighted by Crippen LogP contribution is -2.04. The fraction of sp³-hybridized carbons (Fsp3) is 0.0250. The first kappa shape index (κ1) is 25.8. The molecule has 0 radical (unpaired) electrons. The number of pyridine rings is 1. The van der Waals surface area contributed by atoms with E-state index in [0.29, 0.717) is 12.4 Å². The molecular weight excluding hydrogens is 569 g/mol. The van der Waals surface area contributed by atoms with Crippen molar-refractivity contribution in [1.82, 2.24) is 19.5 Å². The van der Waals surface area contributed by atoms with E-state index < -0.39 is 0 Å². The van der Waals surface area contributed by atoms with Crippen LogP contribution in [0.4, 0.5) is 0 Å². The van der Waals surface area contributed by atoms with Crippen molar-refractivity contribution < 1.29 is 0 Å². The van der Waals surface area contributed by atoms with Gasteiger partial charge in [-0.2, -0.15) is 0 Å². The van der Waals surface area contributed by atoms with Crippen LogP contribution < -0.4 is 0 Å². The quantitative estimate of drug-likeness (QED) is 0.164. The molecule has 0 atom stereocenters. The predicted octanol–water partition coefficient (Wildman–Crippen LogP) is 9.73. The van der Waals surface area contributed by atoms with Gasteiger partial charge in [0.2, 0.25) is 5.95 Å². The van der Waals surface area contributed by atoms with Gasteiger partial charge in [-0.25, -0.2) is 9.97 Å². The number of benzene rings is 5. The van der Waals surface area contributed by atoms with Gasteiger partial charge in [-0.05, 0) is 45.8 Å². The molecule has 0 aliphatic heterocycles. The molecule has 0 saturated carbocycles. The third-order valence-corrected chi connectivity index (χ3v) is 9.03. The van der Waals surface area contributed by atoms with Gasteiger partial charge in [0.25, 0.3) is 0 Å². The number of allylic oxidation sites excluding steroid dienone is 4. The van der Waals surface area contributed by atoms with Crippen molar-refractivity contribution >= 4 is 72.6 Å². The lowest BCUT2D eigenvalue weighted by atomic mass is 9.95. The highest BCUT2D eigenvalue weighted by molar-refractivity contribution is 7.80. The molecule has 0 amide bonds. The van der Waals surface area contributed by atoms with Gasteiger partial charge in [0, 0.05) is 45.0 Å². The van der Waals surface area contributed by atoms with E-state index in [1.165, 1.54) is 5.39 Å². The highest BCUT2D eigenvalue weighted by atomic mass is 32.1. The zero-order chi connectivity index (χ0) is 29.9. The van der Waals surface area contributed by atoms with Crippen molar-refractivity contribution in [3.63, 3.8) is 0 Å². The van der Waals surface area contributed by atoms with Gasteiger partial charge < -0.3 is 0 Å². The van der Waals surface area contributed by atoms with E-state index in [-0.39, 0.29) is 0 Å². The number of nitrogens with zero attached hydrogens (tertiary/aromatic N) is 4. The normalized spacial score (nSPS) is 13.0. The number of para-hydroxylation sites is 1. The number of hydrogen-bond acceptors (Lipinski definition) is 4. The Morgan fingerprint density at radius 2 is 1.51 bits per heavy atom. The van der Waals surface area contributed by atoms with Crippen molar-refractivity contribution in [3.05, 3.63) is 133 Å². The van der Waals surface area contributed by atoms with E-state index in [2.05, 4.69) is 120 Å². The molecule has 5 heteroatoms. The van der Waals surface area contributed by atoms with Gasteiger partial charge in [-0.15, -0.1) is 12.6 Å². The van der Waals surface area contributed by atoms with Crippen molar-refractivity contribution in [2.75, 3.05) is 0 Å². The maximum Gasteiger partial charge on any atom is 0.235 e. The Labute approximate surface area is 264 Å². The van der Waals surface area contributed by atoms with E-state index in [4.69, 9.17) is 27.6 Å². The largest absolute Gasteiger partial charge is 0.275 e. The Morgan fingerprint density at radius 3 is 2.42 bits per heavy atom. The molecule has 3 aromatic heterocycles. The van der Waals surface area contributed by atoms with Crippen LogP contribution in [0.25, 0.3) is 77.2 Å². The Morgan fingerprint density at radius 1 is 0.733 bits per heavy atom. The topological polar surface area (TPSA) is 43.6 Å². The Hall–Kier alpha value is -5.70. The number of hydrogen-bond donors (Lipinski definition) is 1. The van der Waals surface area contributed by atoms with Gasteiger partial charge in [0.1, 0.15) is 0 Å². The Kier molecular flexibility index (Phi) is 5.84. The summed E-state index contributed by atoms with van der Waals surface area (Å²) < 4.78 is 2.14. The highest BCUT2D eigenvalue weighted by Gasteiger charge is 2.25. The number of aromatic nitrogens is 4. The molecule has 0 unspecified atom stereocenters. The lowest BCUT2D eigenvalue weighted by Gasteiger charge is -2.16. The van der Waals surface area contributed by atoms with Gasteiger partial charge in [-0.1, -0.05) is 109 Å². The zero-order valence-corrected chi connectivity index (χ0v) is 25.0. The molecule has 0 bridgehead atoms. The summed E-state index contributed by atoms with van der Waals surface area (Å²) in [6.07, 6.45) is 8.80. The smallest absolute Gasteiger partial charge is 0.235 e. The second-order valence-corrected chi connectivity index (χ2v) is 11.6. The molecule has 0 saturated heterocycles. The molecule has 0 spiro atoms. The third kappa shape index (κ3) is 3.93. The summed E-state index contributed by atoms with van der Waals surface area (Å²) >= 11 is 5.30. The minimum Gasteiger partial charge on any atom is -0.275 e. The summed E-state index contributed by atoms with van der Waals surface area (Å²) in [4.78, 5) is 16.3. The van der Waals surface area contributed by atoms with Crippen molar-refractivity contribution in [1.29, 1.82) is 0 Å². The van der Waals surface area contributed by atoms with Crippen LogP contribution in [0.3, 0.4) is 0 Å². The first-order valence-electron chi connectivity index (χ1n) is 14.9. The van der Waals surface area contributed by atoms with E-state index in [1.807, 2.05) is 24.4 Å². The van der Waals surface area contributed by atoms with Crippen LogP contribution in [-0.2, 0) is 0 Å². The molecule has 8 aromatic rings. The van der Waals surface area contributed by atoms with Crippen LogP contribution in [0, 0.1) is 11.8 Å². The van der Waals surface area contributed by atoms with Crippen molar-refractivity contribution in [2.45, 2.75) is 11.3 Å². The van der Waals surface area contributed by atoms with E-state index >= 15 is 0 Å². The zero-order valence-electron chi connectivity index (χ0n) is 24.1. The highest BCUT2D eigenvalue weighted by Crippen LogP contribution is 2.44. The molecule has 1 aliphatic rings. The van der Waals surface area contributed by atoms with E-state index in [1.54, 1.807) is 0 Å². The average Bonchev–Trinajstić information content (AvgIpc) is 3.22. The van der Waals surface area contributed by atoms with Crippen LogP contribution in [0.15, 0.2) is 132 Å². The molecular formula is C40H24N4S. The molecule has 9 rings (SSSR count). The molecule has 210 valence electrons. The second-order valence-electron chi connectivity index (χ2n) is 11.1. The van der Waals surface area contributed by atoms with Crippen LogP contribution in [0.2, 0.25) is 0 Å². The predicted molar refractivity (Wildman–Crippen MR) is 189 cm³/mol. The minimum atomic E-state index is 0.571. The summed E-state index contributed by atoms with van der Waals surface area (Å²) in [5.74, 6) is 7.26. The SMILES string of the molecule is Sc1c(C2=CC=CCC#C2)c2ccccc2c2c3ncccc3n(-c3nc(-c4cccc5ccccc45)c4ccccc4n3)c12. The summed E-state index contributed by atoms with van der Waals surface area (Å²) in [5.41, 5.74) is 7.47. The molecule has 45 heavy (non-hydrogen) atoms. The summed E-state index contributed by atoms with van der Waals surface area (Å²) in [7, 11) is 0. The first-order chi connectivity index (χ1) is 22.3. The van der Waals surface area contributed by atoms with Crippen LogP contribution in [-0.4, -0.2) is 19.5 Å². The molecule has 1 aliphatic carbocycles. The van der Waals surface area contributed by atoms with E-state index in [9.17, 15) is 0 Å².